The molecule has 0 fully saturated rings. The third kappa shape index (κ3) is 5.87. The van der Waals surface area contributed by atoms with Gasteiger partial charge in [-0.25, -0.2) is 0 Å². The quantitative estimate of drug-likeness (QED) is 0.150. The van der Waals surface area contributed by atoms with Gasteiger partial charge in [-0.1, -0.05) is 158 Å². The van der Waals surface area contributed by atoms with Crippen LogP contribution in [0.25, 0.3) is 60.9 Å². The fourth-order valence-corrected chi connectivity index (χ4v) is 11.1. The van der Waals surface area contributed by atoms with Gasteiger partial charge in [0.05, 0.1) is 22.4 Å². The minimum Gasteiger partial charge on any atom is -0.309 e. The molecule has 3 nitrogen and oxygen atoms in total. The van der Waals surface area contributed by atoms with Crippen molar-refractivity contribution in [3.8, 4) is 39.1 Å². The lowest BCUT2D eigenvalue weighted by atomic mass is 9.97. The lowest BCUT2D eigenvalue weighted by Gasteiger charge is -2.32. The summed E-state index contributed by atoms with van der Waals surface area (Å²) < 4.78 is 7.56. The first-order chi connectivity index (χ1) is 28.8. The zero-order valence-corrected chi connectivity index (χ0v) is 32.6. The van der Waals surface area contributed by atoms with Crippen LogP contribution < -0.4 is 14.6 Å². The maximum atomic E-state index is 2.57. The molecule has 274 valence electrons. The van der Waals surface area contributed by atoms with Crippen LogP contribution in [0.5, 0.6) is 0 Å². The van der Waals surface area contributed by atoms with E-state index >= 15 is 0 Å². The molecule has 1 aliphatic rings. The van der Waals surface area contributed by atoms with Crippen LogP contribution in [0.4, 0.5) is 22.7 Å². The van der Waals surface area contributed by atoms with E-state index in [0.29, 0.717) is 0 Å². The van der Waals surface area contributed by atoms with Gasteiger partial charge in [-0.3, -0.25) is 9.34 Å². The van der Waals surface area contributed by atoms with Crippen LogP contribution in [0.15, 0.2) is 231 Å². The molecule has 58 heavy (non-hydrogen) atoms. The van der Waals surface area contributed by atoms with E-state index in [9.17, 15) is 0 Å². The minimum atomic E-state index is -1.00. The third-order valence-electron chi connectivity index (χ3n) is 11.2. The average molecular weight is 760 g/mol. The molecule has 1 aliphatic heterocycles. The molecule has 0 saturated heterocycles. The van der Waals surface area contributed by atoms with Crippen molar-refractivity contribution in [1.82, 2.24) is 4.57 Å². The van der Waals surface area contributed by atoms with E-state index in [-0.39, 0.29) is 0 Å². The second kappa shape index (κ2) is 14.4. The Bertz CT molecular complexity index is 3060. The van der Waals surface area contributed by atoms with Crippen molar-refractivity contribution >= 4 is 58.1 Å². The lowest BCUT2D eigenvalue weighted by molar-refractivity contribution is 1.18. The van der Waals surface area contributed by atoms with E-state index < -0.39 is 8.22 Å². The van der Waals surface area contributed by atoms with Gasteiger partial charge < -0.3 is 4.57 Å². The Morgan fingerprint density at radius 3 is 1.41 bits per heavy atom. The van der Waals surface area contributed by atoms with Crippen LogP contribution in [0.1, 0.15) is 0 Å². The third-order valence-corrected chi connectivity index (χ3v) is 13.6. The second-order valence-electron chi connectivity index (χ2n) is 14.7. The van der Waals surface area contributed by atoms with E-state index in [2.05, 4.69) is 244 Å². The summed E-state index contributed by atoms with van der Waals surface area (Å²) >= 11 is 0. The van der Waals surface area contributed by atoms with Gasteiger partial charge in [0.25, 0.3) is 0 Å². The number of fused-ring (bicyclic) bond motifs is 4. The topological polar surface area (TPSA) is 11.4 Å². The lowest BCUT2D eigenvalue weighted by Crippen LogP contribution is -2.21. The number of rotatable bonds is 7. The van der Waals surface area contributed by atoms with Gasteiger partial charge in [-0.15, -0.1) is 0 Å². The highest BCUT2D eigenvalue weighted by atomic mass is 31.1. The molecule has 1 atom stereocenters. The van der Waals surface area contributed by atoms with E-state index in [1.165, 1.54) is 83.2 Å². The van der Waals surface area contributed by atoms with Gasteiger partial charge in [0.1, 0.15) is 8.22 Å². The summed E-state index contributed by atoms with van der Waals surface area (Å²) in [5.41, 5.74) is 15.4. The maximum absolute atomic E-state index is 2.57. The van der Waals surface area contributed by atoms with Crippen LogP contribution in [-0.2, 0) is 0 Å². The van der Waals surface area contributed by atoms with Gasteiger partial charge in [0.2, 0.25) is 0 Å². The van der Waals surface area contributed by atoms with Crippen LogP contribution in [-0.4, -0.2) is 4.57 Å². The van der Waals surface area contributed by atoms with E-state index in [1.54, 1.807) is 0 Å². The Morgan fingerprint density at radius 1 is 0.276 bits per heavy atom. The Kier molecular flexibility index (Phi) is 8.46. The van der Waals surface area contributed by atoms with Crippen LogP contribution in [0, 0.1) is 0 Å². The normalized spacial score (nSPS) is 13.6. The molecule has 10 aromatic rings. The number of aromatic nitrogens is 1. The van der Waals surface area contributed by atoms with Crippen molar-refractivity contribution in [2.75, 3.05) is 9.34 Å². The predicted molar refractivity (Wildman–Crippen MR) is 247 cm³/mol. The van der Waals surface area contributed by atoms with Gasteiger partial charge in [0, 0.05) is 33.1 Å². The number of benzene rings is 9. The smallest absolute Gasteiger partial charge is 0.138 e. The fourth-order valence-electron chi connectivity index (χ4n) is 8.54. The zero-order chi connectivity index (χ0) is 38.4. The van der Waals surface area contributed by atoms with Crippen LogP contribution in [0.2, 0.25) is 0 Å². The molecule has 1 unspecified atom stereocenters. The van der Waals surface area contributed by atoms with Crippen LogP contribution >= 0.6 is 8.22 Å². The first kappa shape index (κ1) is 34.1. The summed E-state index contributed by atoms with van der Waals surface area (Å²) in [4.78, 5) is 0. The Hall–Kier alpha value is -7.19. The number of hydrogen-bond acceptors (Lipinski definition) is 2. The summed E-state index contributed by atoms with van der Waals surface area (Å²) in [5, 5.41) is 3.78. The molecule has 0 saturated carbocycles. The van der Waals surface area contributed by atoms with Gasteiger partial charge in [-0.2, -0.15) is 0 Å². The standard InChI is InChI=1S/C54H38N3P/c1-6-18-39(19-7-1)41-30-32-52-50(37-41)49-28-16-17-29-51(49)55(52)47-35-43(40-20-8-2-9-21-40)34-44(36-47)42-31-33-53-54(38-42)57(46-24-12-4-13-25-46)58(48-26-14-5-15-27-48)56(53)45-22-10-3-11-23-45/h1-38H. The first-order valence-corrected chi connectivity index (χ1v) is 21.0. The predicted octanol–water partition coefficient (Wildman–Crippen LogP) is 14.7. The molecule has 0 bridgehead atoms. The molecular formula is C54H38N3P. The van der Waals surface area contributed by atoms with Crippen molar-refractivity contribution in [2.24, 2.45) is 0 Å². The largest absolute Gasteiger partial charge is 0.309 e. The van der Waals surface area contributed by atoms with Gasteiger partial charge in [0.15, 0.2) is 0 Å². The number of hydrogen-bond donors (Lipinski definition) is 0. The van der Waals surface area contributed by atoms with Crippen molar-refractivity contribution in [3.63, 3.8) is 0 Å². The Balaban J connectivity index is 1.13. The van der Waals surface area contributed by atoms with Gasteiger partial charge in [-0.05, 0) is 106 Å². The van der Waals surface area contributed by atoms with E-state index in [4.69, 9.17) is 0 Å². The molecule has 0 N–H and O–H groups in total. The molecule has 0 amide bonds. The maximum Gasteiger partial charge on any atom is 0.138 e. The Labute approximate surface area is 340 Å². The molecule has 2 heterocycles. The molecule has 0 spiro atoms. The first-order valence-electron chi connectivity index (χ1n) is 19.8. The minimum absolute atomic E-state index is 1.00. The highest BCUT2D eigenvalue weighted by molar-refractivity contribution is 7.70. The zero-order valence-electron chi connectivity index (χ0n) is 31.7. The monoisotopic (exact) mass is 759 g/mol. The molecule has 4 heteroatoms. The van der Waals surface area contributed by atoms with E-state index in [1.807, 2.05) is 0 Å². The molecule has 1 aromatic heterocycles. The highest BCUT2D eigenvalue weighted by Gasteiger charge is 2.40. The van der Waals surface area contributed by atoms with E-state index in [0.717, 1.165) is 5.69 Å². The van der Waals surface area contributed by atoms with Gasteiger partial charge >= 0.3 is 0 Å². The summed E-state index contributed by atoms with van der Waals surface area (Å²) in [5.74, 6) is 0. The molecular weight excluding hydrogens is 722 g/mol. The summed E-state index contributed by atoms with van der Waals surface area (Å²) in [6.45, 7) is 0. The van der Waals surface area contributed by atoms with Crippen molar-refractivity contribution in [3.05, 3.63) is 231 Å². The average Bonchev–Trinajstić information content (AvgIpc) is 3.83. The number of anilines is 4. The molecule has 0 radical (unpaired) electrons. The number of para-hydroxylation sites is 3. The SMILES string of the molecule is c1ccc(-c2cc(-c3ccc4c(c3)N(c3ccccc3)P(c3ccccc3)N4c3ccccc3)cc(-n3c4ccccc4c4cc(-c5ccccc5)ccc43)c2)cc1. The summed E-state index contributed by atoms with van der Waals surface area (Å²) in [6.07, 6.45) is 0. The Morgan fingerprint density at radius 2 is 0.759 bits per heavy atom. The highest BCUT2D eigenvalue weighted by Crippen LogP contribution is 2.65. The summed E-state index contributed by atoms with van der Waals surface area (Å²) in [6, 6.07) is 84.0. The summed E-state index contributed by atoms with van der Waals surface area (Å²) in [7, 11) is -1.00. The molecule has 9 aromatic carbocycles. The molecule has 11 rings (SSSR count). The fraction of sp³-hybridized carbons (Fsp3) is 0. The van der Waals surface area contributed by atoms with Crippen molar-refractivity contribution in [1.29, 1.82) is 0 Å². The second-order valence-corrected chi connectivity index (χ2v) is 16.6. The number of nitrogens with zero attached hydrogens (tertiary/aromatic N) is 3. The van der Waals surface area contributed by atoms with Crippen LogP contribution in [0.3, 0.4) is 0 Å². The van der Waals surface area contributed by atoms with Crippen molar-refractivity contribution < 1.29 is 0 Å². The van der Waals surface area contributed by atoms with Crippen molar-refractivity contribution in [2.45, 2.75) is 0 Å². The molecule has 0 aliphatic carbocycles.